The van der Waals surface area contributed by atoms with Crippen LogP contribution in [0.25, 0.3) is 22.2 Å². The third-order valence-electron chi connectivity index (χ3n) is 5.74. The minimum absolute atomic E-state index is 0.266. The number of hydrogen-bond acceptors (Lipinski definition) is 9. The van der Waals surface area contributed by atoms with Crippen LogP contribution in [0.5, 0.6) is 5.75 Å². The summed E-state index contributed by atoms with van der Waals surface area (Å²) in [5.41, 5.74) is 9.75. The maximum Gasteiger partial charge on any atom is 0.236 e. The zero-order chi connectivity index (χ0) is 28.5. The van der Waals surface area contributed by atoms with E-state index in [1.54, 1.807) is 49.8 Å². The van der Waals surface area contributed by atoms with Crippen LogP contribution in [0.4, 0.5) is 23.0 Å². The van der Waals surface area contributed by atoms with Gasteiger partial charge >= 0.3 is 0 Å². The van der Waals surface area contributed by atoms with Crippen LogP contribution in [0.1, 0.15) is 4.11 Å². The van der Waals surface area contributed by atoms with Gasteiger partial charge in [0.2, 0.25) is 16.0 Å². The zero-order valence-electron chi connectivity index (χ0n) is 23.6. The Balaban J connectivity index is 1.63. The number of ether oxygens (including phenoxy) is 1. The van der Waals surface area contributed by atoms with Crippen LogP contribution >= 0.6 is 0 Å². The molecule has 10 nitrogen and oxygen atoms in total. The molecule has 0 bridgehead atoms. The number of para-hydroxylation sites is 1. The molecule has 0 aliphatic carbocycles. The van der Waals surface area contributed by atoms with Gasteiger partial charge in [-0.05, 0) is 32.2 Å². The highest BCUT2D eigenvalue weighted by atomic mass is 32.2. The van der Waals surface area contributed by atoms with Gasteiger partial charge in [0.15, 0.2) is 0 Å². The monoisotopic (exact) mass is 512 g/mol. The number of anilines is 4. The number of methoxy groups -OCH3 is 1. The fraction of sp³-hybridized carbons (Fsp3) is 0.280. The molecule has 0 spiro atoms. The van der Waals surface area contributed by atoms with E-state index in [-0.39, 0.29) is 5.95 Å². The van der Waals surface area contributed by atoms with Gasteiger partial charge in [0.05, 0.1) is 41.6 Å². The number of nitrogens with one attached hydrogen (secondary N) is 1. The van der Waals surface area contributed by atoms with Crippen LogP contribution in [-0.4, -0.2) is 74.8 Å². The van der Waals surface area contributed by atoms with Crippen molar-refractivity contribution in [3.05, 3.63) is 54.9 Å². The maximum atomic E-state index is 12.4. The summed E-state index contributed by atoms with van der Waals surface area (Å²) in [6.07, 6.45) is 4.29. The molecule has 0 fully saturated rings. The van der Waals surface area contributed by atoms with Gasteiger partial charge in [-0.1, -0.05) is 18.2 Å². The van der Waals surface area contributed by atoms with E-state index in [0.717, 1.165) is 11.6 Å². The van der Waals surface area contributed by atoms with Crippen LogP contribution in [0.15, 0.2) is 54.9 Å². The SMILES string of the molecule is [2H]C([2H])([2H])N(C)CCN(C)c1cc(OC)c(Nc2nccc(-c3cn(S(C)(=O)=O)c4ccccc34)n2)cc1N. The van der Waals surface area contributed by atoms with E-state index in [9.17, 15) is 8.42 Å². The molecular weight excluding hydrogens is 478 g/mol. The molecule has 0 aliphatic heterocycles. The van der Waals surface area contributed by atoms with Crippen molar-refractivity contribution >= 4 is 43.9 Å². The number of rotatable bonds is 9. The molecule has 0 unspecified atom stereocenters. The quantitative estimate of drug-likeness (QED) is 0.326. The molecule has 2 aromatic carbocycles. The molecule has 0 saturated heterocycles. The van der Waals surface area contributed by atoms with Gasteiger partial charge < -0.3 is 25.6 Å². The van der Waals surface area contributed by atoms with E-state index in [4.69, 9.17) is 14.6 Å². The van der Waals surface area contributed by atoms with E-state index < -0.39 is 17.0 Å². The van der Waals surface area contributed by atoms with Crippen molar-refractivity contribution in [2.24, 2.45) is 0 Å². The third-order valence-corrected chi connectivity index (χ3v) is 6.76. The summed E-state index contributed by atoms with van der Waals surface area (Å²) in [6, 6.07) is 12.4. The molecule has 0 atom stereocenters. The highest BCUT2D eigenvalue weighted by molar-refractivity contribution is 7.89. The molecule has 0 radical (unpaired) electrons. The second kappa shape index (κ2) is 10.0. The van der Waals surface area contributed by atoms with Gasteiger partial charge in [0, 0.05) is 53.7 Å². The molecule has 2 aromatic heterocycles. The molecular formula is C25H31N7O3S. The first-order valence-corrected chi connectivity index (χ1v) is 13.0. The molecule has 0 aliphatic rings. The third kappa shape index (κ3) is 5.21. The van der Waals surface area contributed by atoms with Crippen molar-refractivity contribution in [1.82, 2.24) is 18.8 Å². The molecule has 0 amide bonds. The first-order chi connectivity index (χ1) is 18.3. The van der Waals surface area contributed by atoms with Gasteiger partial charge in [-0.25, -0.2) is 22.4 Å². The first-order valence-electron chi connectivity index (χ1n) is 12.6. The molecule has 190 valence electrons. The van der Waals surface area contributed by atoms with Gasteiger partial charge in [0.1, 0.15) is 5.75 Å². The number of nitrogens with two attached hydrogens (primary N) is 1. The lowest BCUT2D eigenvalue weighted by atomic mass is 10.1. The summed E-state index contributed by atoms with van der Waals surface area (Å²) in [6.45, 7) is -1.43. The molecule has 4 rings (SSSR count). The van der Waals surface area contributed by atoms with E-state index in [1.807, 2.05) is 24.1 Å². The molecule has 4 aromatic rings. The second-order valence-electron chi connectivity index (χ2n) is 8.46. The van der Waals surface area contributed by atoms with Gasteiger partial charge in [-0.3, -0.25) is 0 Å². The van der Waals surface area contributed by atoms with Gasteiger partial charge in [-0.2, -0.15) is 0 Å². The number of aromatic nitrogens is 3. The normalized spacial score (nSPS) is 13.3. The molecule has 36 heavy (non-hydrogen) atoms. The zero-order valence-corrected chi connectivity index (χ0v) is 21.4. The van der Waals surface area contributed by atoms with Crippen LogP contribution in [0, 0.1) is 0 Å². The lowest BCUT2D eigenvalue weighted by Crippen LogP contribution is -2.29. The number of nitrogen functional groups attached to an aromatic ring is 1. The van der Waals surface area contributed by atoms with Gasteiger partial charge in [0.25, 0.3) is 0 Å². The lowest BCUT2D eigenvalue weighted by Gasteiger charge is -2.24. The Morgan fingerprint density at radius 3 is 2.69 bits per heavy atom. The van der Waals surface area contributed by atoms with E-state index in [1.165, 1.54) is 16.0 Å². The van der Waals surface area contributed by atoms with Crippen LogP contribution in [0.2, 0.25) is 0 Å². The minimum Gasteiger partial charge on any atom is -0.494 e. The summed E-state index contributed by atoms with van der Waals surface area (Å²) in [4.78, 5) is 12.1. The topological polar surface area (TPSA) is 119 Å². The Morgan fingerprint density at radius 1 is 1.19 bits per heavy atom. The average Bonchev–Trinajstić information content (AvgIpc) is 3.27. The number of likely N-dealkylation sites (N-methyl/N-ethyl adjacent to an activating group) is 2. The van der Waals surface area contributed by atoms with Crippen molar-refractivity contribution < 1.29 is 17.3 Å². The molecule has 3 N–H and O–H groups in total. The van der Waals surface area contributed by atoms with Crippen molar-refractivity contribution in [3.63, 3.8) is 0 Å². The molecule has 0 saturated carbocycles. The van der Waals surface area contributed by atoms with Crippen LogP contribution in [0.3, 0.4) is 0 Å². The fourth-order valence-corrected chi connectivity index (χ4v) is 4.73. The minimum atomic E-state index is -3.52. The van der Waals surface area contributed by atoms with Crippen molar-refractivity contribution in [2.45, 2.75) is 0 Å². The van der Waals surface area contributed by atoms with Crippen molar-refractivity contribution in [3.8, 4) is 17.0 Å². The van der Waals surface area contributed by atoms with E-state index in [0.29, 0.717) is 52.7 Å². The first kappa shape index (κ1) is 21.5. The van der Waals surface area contributed by atoms with Crippen molar-refractivity contribution in [1.29, 1.82) is 0 Å². The van der Waals surface area contributed by atoms with Crippen LogP contribution in [-0.2, 0) is 10.0 Å². The Labute approximate surface area is 215 Å². The summed E-state index contributed by atoms with van der Waals surface area (Å²) < 4.78 is 54.1. The largest absolute Gasteiger partial charge is 0.494 e. The second-order valence-corrected chi connectivity index (χ2v) is 10.3. The molecule has 2 heterocycles. The molecule has 11 heteroatoms. The summed E-state index contributed by atoms with van der Waals surface area (Å²) in [5.74, 6) is 0.750. The van der Waals surface area contributed by atoms with Crippen LogP contribution < -0.4 is 20.7 Å². The Kier molecular flexibility index (Phi) is 5.98. The van der Waals surface area contributed by atoms with Gasteiger partial charge in [-0.15, -0.1) is 0 Å². The van der Waals surface area contributed by atoms with E-state index in [2.05, 4.69) is 15.3 Å². The number of benzene rings is 2. The average molecular weight is 513 g/mol. The Hall–Kier alpha value is -3.83. The summed E-state index contributed by atoms with van der Waals surface area (Å²) in [5, 5.41) is 3.88. The summed E-state index contributed by atoms with van der Waals surface area (Å²) in [7, 11) is 1.38. The Morgan fingerprint density at radius 2 is 1.97 bits per heavy atom. The highest BCUT2D eigenvalue weighted by Crippen LogP contribution is 2.37. The number of nitrogens with zero attached hydrogens (tertiary/aromatic N) is 5. The predicted molar refractivity (Wildman–Crippen MR) is 146 cm³/mol. The summed E-state index contributed by atoms with van der Waals surface area (Å²) >= 11 is 0. The fourth-order valence-electron chi connectivity index (χ4n) is 3.92. The smallest absolute Gasteiger partial charge is 0.236 e. The lowest BCUT2D eigenvalue weighted by molar-refractivity contribution is 0.413. The number of fused-ring (bicyclic) bond motifs is 1. The predicted octanol–water partition coefficient (Wildman–Crippen LogP) is 3.24. The maximum absolute atomic E-state index is 12.4. The standard InChI is InChI=1S/C25H31N7O3S/c1-30(2)12-13-31(3)23-15-24(35-4)21(14-19(23)26)29-25-27-11-10-20(28-25)18-16-32(36(5,33)34)22-9-7-6-8-17(18)22/h6-11,14-16H,12-13,26H2,1-5H3,(H,27,28,29)/i1D3. The van der Waals surface area contributed by atoms with Crippen molar-refractivity contribution in [2.75, 3.05) is 63.5 Å². The highest BCUT2D eigenvalue weighted by Gasteiger charge is 2.18. The Bertz CT molecular complexity index is 1610. The number of hydrogen-bond donors (Lipinski definition) is 2. The van der Waals surface area contributed by atoms with E-state index >= 15 is 0 Å².